The maximum atomic E-state index is 13.0. The number of fused-ring (bicyclic) bond motifs is 1. The second-order valence-electron chi connectivity index (χ2n) is 6.41. The van der Waals surface area contributed by atoms with E-state index in [-0.39, 0.29) is 5.65 Å². The molecule has 11 heteroatoms. The predicted molar refractivity (Wildman–Crippen MR) is 91.7 cm³/mol. The lowest BCUT2D eigenvalue weighted by molar-refractivity contribution is -0.146. The van der Waals surface area contributed by atoms with Gasteiger partial charge in [-0.3, -0.25) is 0 Å². The normalized spacial score (nSPS) is 15.6. The quantitative estimate of drug-likeness (QED) is 0.674. The van der Waals surface area contributed by atoms with E-state index in [9.17, 15) is 13.2 Å². The number of rotatable bonds is 2. The van der Waals surface area contributed by atoms with Gasteiger partial charge in [-0.15, -0.1) is 15.3 Å². The van der Waals surface area contributed by atoms with Crippen molar-refractivity contribution in [1.29, 1.82) is 0 Å². The van der Waals surface area contributed by atoms with E-state index in [2.05, 4.69) is 30.2 Å². The molecule has 0 spiro atoms. The van der Waals surface area contributed by atoms with E-state index in [0.29, 0.717) is 37.9 Å². The van der Waals surface area contributed by atoms with E-state index in [1.54, 1.807) is 6.07 Å². The first kappa shape index (κ1) is 17.4. The summed E-state index contributed by atoms with van der Waals surface area (Å²) in [6.45, 7) is 6.33. The van der Waals surface area contributed by atoms with Gasteiger partial charge in [-0.1, -0.05) is 0 Å². The Labute approximate surface area is 152 Å². The summed E-state index contributed by atoms with van der Waals surface area (Å²) in [5, 5.41) is 10.8. The third-order valence-corrected chi connectivity index (χ3v) is 4.36. The number of aromatic nitrogens is 6. The zero-order valence-electron chi connectivity index (χ0n) is 14.8. The topological polar surface area (TPSA) is 75.3 Å². The van der Waals surface area contributed by atoms with E-state index >= 15 is 0 Å². The highest BCUT2D eigenvalue weighted by atomic mass is 19.4. The van der Waals surface area contributed by atoms with Crippen molar-refractivity contribution in [3.05, 3.63) is 35.4 Å². The van der Waals surface area contributed by atoms with Crippen LogP contribution in [0.1, 0.15) is 17.2 Å². The Morgan fingerprint density at radius 2 is 1.52 bits per heavy atom. The summed E-state index contributed by atoms with van der Waals surface area (Å²) in [6, 6.07) is 5.06. The zero-order chi connectivity index (χ0) is 19.2. The summed E-state index contributed by atoms with van der Waals surface area (Å²) in [6.07, 6.45) is -4.61. The molecule has 0 atom stereocenters. The monoisotopic (exact) mass is 378 g/mol. The fourth-order valence-corrected chi connectivity index (χ4v) is 3.11. The van der Waals surface area contributed by atoms with Crippen LogP contribution in [0.4, 0.5) is 24.9 Å². The fraction of sp³-hybridized carbons (Fsp3) is 0.438. The zero-order valence-corrected chi connectivity index (χ0v) is 14.8. The van der Waals surface area contributed by atoms with Crippen LogP contribution in [0.3, 0.4) is 0 Å². The van der Waals surface area contributed by atoms with E-state index in [0.717, 1.165) is 15.9 Å². The second kappa shape index (κ2) is 6.32. The van der Waals surface area contributed by atoms with Crippen molar-refractivity contribution < 1.29 is 13.2 Å². The molecular formula is C16H17F3N8. The second-order valence-corrected chi connectivity index (χ2v) is 6.41. The summed E-state index contributed by atoms with van der Waals surface area (Å²) in [5.41, 5.74) is 1.87. The van der Waals surface area contributed by atoms with E-state index in [1.165, 1.54) is 6.07 Å². The molecule has 142 valence electrons. The van der Waals surface area contributed by atoms with Crippen LogP contribution in [0.15, 0.2) is 18.2 Å². The number of piperazine rings is 1. The molecule has 3 aromatic rings. The Bertz CT molecular complexity index is 955. The Morgan fingerprint density at radius 1 is 0.889 bits per heavy atom. The van der Waals surface area contributed by atoms with Gasteiger partial charge in [0.1, 0.15) is 5.82 Å². The molecule has 4 heterocycles. The minimum absolute atomic E-state index is 0.0633. The Hall–Kier alpha value is -2.98. The van der Waals surface area contributed by atoms with Gasteiger partial charge in [0.25, 0.3) is 5.82 Å². The van der Waals surface area contributed by atoms with E-state index < -0.39 is 12.0 Å². The Morgan fingerprint density at radius 3 is 2.15 bits per heavy atom. The summed E-state index contributed by atoms with van der Waals surface area (Å²) in [7, 11) is 0. The third kappa shape index (κ3) is 3.36. The van der Waals surface area contributed by atoms with Gasteiger partial charge >= 0.3 is 6.18 Å². The average molecular weight is 378 g/mol. The lowest BCUT2D eigenvalue weighted by Gasteiger charge is -2.35. The molecule has 0 N–H and O–H groups in total. The first-order valence-electron chi connectivity index (χ1n) is 8.43. The summed E-state index contributed by atoms with van der Waals surface area (Å²) in [5.74, 6) is 0.00383. The summed E-state index contributed by atoms with van der Waals surface area (Å²) < 4.78 is 39.8. The lowest BCUT2D eigenvalue weighted by Crippen LogP contribution is -2.47. The Kier molecular flexibility index (Phi) is 4.08. The fourth-order valence-electron chi connectivity index (χ4n) is 3.11. The molecule has 1 aliphatic heterocycles. The lowest BCUT2D eigenvalue weighted by atomic mass is 10.3. The molecule has 0 unspecified atom stereocenters. The molecule has 4 rings (SSSR count). The highest BCUT2D eigenvalue weighted by molar-refractivity contribution is 5.47. The van der Waals surface area contributed by atoms with Gasteiger partial charge in [0, 0.05) is 37.6 Å². The van der Waals surface area contributed by atoms with Gasteiger partial charge in [-0.25, -0.2) is 9.97 Å². The number of hydrogen-bond donors (Lipinski definition) is 0. The molecule has 0 amide bonds. The molecule has 8 nitrogen and oxygen atoms in total. The molecule has 1 aliphatic rings. The summed E-state index contributed by atoms with van der Waals surface area (Å²) in [4.78, 5) is 12.9. The summed E-state index contributed by atoms with van der Waals surface area (Å²) >= 11 is 0. The van der Waals surface area contributed by atoms with Gasteiger partial charge < -0.3 is 9.80 Å². The third-order valence-electron chi connectivity index (χ3n) is 4.36. The van der Waals surface area contributed by atoms with Gasteiger partial charge in [0.2, 0.25) is 5.95 Å². The van der Waals surface area contributed by atoms with Crippen molar-refractivity contribution in [2.45, 2.75) is 20.0 Å². The molecule has 0 bridgehead atoms. The van der Waals surface area contributed by atoms with Crippen LogP contribution >= 0.6 is 0 Å². The molecule has 1 fully saturated rings. The standard InChI is InChI=1S/C16H17F3N8/c1-10-9-11(2)21-15(20-10)26-7-5-25(6-8-26)13-4-3-12-22-23-14(16(17,18)19)27(12)24-13/h3-4,9H,5-8H2,1-2H3. The van der Waals surface area contributed by atoms with Crippen LogP contribution in [-0.2, 0) is 6.18 Å². The van der Waals surface area contributed by atoms with Crippen LogP contribution in [0.5, 0.6) is 0 Å². The molecule has 1 saturated heterocycles. The Balaban J connectivity index is 1.54. The van der Waals surface area contributed by atoms with Gasteiger partial charge in [0.15, 0.2) is 5.65 Å². The van der Waals surface area contributed by atoms with E-state index in [1.807, 2.05) is 24.8 Å². The highest BCUT2D eigenvalue weighted by Crippen LogP contribution is 2.28. The average Bonchev–Trinajstić information content (AvgIpc) is 3.04. The van der Waals surface area contributed by atoms with Crippen molar-refractivity contribution in [1.82, 2.24) is 29.8 Å². The van der Waals surface area contributed by atoms with Crippen molar-refractivity contribution in [3.63, 3.8) is 0 Å². The first-order valence-corrected chi connectivity index (χ1v) is 8.43. The molecule has 0 radical (unpaired) electrons. The molecule has 3 aromatic heterocycles. The number of hydrogen-bond acceptors (Lipinski definition) is 7. The van der Waals surface area contributed by atoms with Crippen molar-refractivity contribution in [2.75, 3.05) is 36.0 Å². The maximum absolute atomic E-state index is 13.0. The SMILES string of the molecule is Cc1cc(C)nc(N2CCN(c3ccc4nnc(C(F)(F)F)n4n3)CC2)n1. The van der Waals surface area contributed by atoms with Crippen LogP contribution < -0.4 is 9.80 Å². The maximum Gasteiger partial charge on any atom is 0.453 e. The predicted octanol–water partition coefficient (Wildman–Crippen LogP) is 1.88. The van der Waals surface area contributed by atoms with Gasteiger partial charge in [0.05, 0.1) is 0 Å². The van der Waals surface area contributed by atoms with Crippen LogP contribution in [-0.4, -0.2) is 56.0 Å². The van der Waals surface area contributed by atoms with E-state index in [4.69, 9.17) is 0 Å². The minimum Gasteiger partial charge on any atom is -0.352 e. The first-order chi connectivity index (χ1) is 12.8. The number of alkyl halides is 3. The number of nitrogens with zero attached hydrogens (tertiary/aromatic N) is 8. The van der Waals surface area contributed by atoms with Crippen molar-refractivity contribution >= 4 is 17.4 Å². The van der Waals surface area contributed by atoms with Crippen molar-refractivity contribution in [3.8, 4) is 0 Å². The largest absolute Gasteiger partial charge is 0.453 e. The highest BCUT2D eigenvalue weighted by Gasteiger charge is 2.37. The van der Waals surface area contributed by atoms with Crippen molar-refractivity contribution in [2.24, 2.45) is 0 Å². The number of anilines is 2. The molecule has 27 heavy (non-hydrogen) atoms. The van der Waals surface area contributed by atoms with Gasteiger partial charge in [-0.05, 0) is 32.0 Å². The smallest absolute Gasteiger partial charge is 0.352 e. The van der Waals surface area contributed by atoms with Crippen LogP contribution in [0, 0.1) is 13.8 Å². The molecular weight excluding hydrogens is 361 g/mol. The van der Waals surface area contributed by atoms with Crippen LogP contribution in [0.25, 0.3) is 5.65 Å². The molecule has 0 aromatic carbocycles. The minimum atomic E-state index is -4.61. The number of aryl methyl sites for hydroxylation is 2. The molecule has 0 saturated carbocycles. The van der Waals surface area contributed by atoms with Gasteiger partial charge in [-0.2, -0.15) is 17.7 Å². The molecule has 0 aliphatic carbocycles. The number of halogens is 3. The van der Waals surface area contributed by atoms with Crippen LogP contribution in [0.2, 0.25) is 0 Å².